The third-order valence-corrected chi connectivity index (χ3v) is 3.86. The first-order valence-corrected chi connectivity index (χ1v) is 6.95. The van der Waals surface area contributed by atoms with Gasteiger partial charge in [0.25, 0.3) is 10.0 Å². The molecule has 0 bridgehead atoms. The van der Waals surface area contributed by atoms with E-state index in [1.165, 1.54) is 0 Å². The first kappa shape index (κ1) is 14.9. The molecule has 110 valence electrons. The highest BCUT2D eigenvalue weighted by Crippen LogP contribution is 2.21. The lowest BCUT2D eigenvalue weighted by atomic mass is 10.2. The summed E-state index contributed by atoms with van der Waals surface area (Å²) in [6.07, 6.45) is 1.92. The van der Waals surface area contributed by atoms with Crippen molar-refractivity contribution < 1.29 is 27.1 Å². The maximum Gasteiger partial charge on any atom is 0.335 e. The van der Waals surface area contributed by atoms with E-state index in [4.69, 9.17) is 5.11 Å². The van der Waals surface area contributed by atoms with E-state index in [-0.39, 0.29) is 0 Å². The monoisotopic (exact) mass is 314 g/mol. The second-order valence-electron chi connectivity index (χ2n) is 3.91. The third-order valence-electron chi connectivity index (χ3n) is 2.48. The Morgan fingerprint density at radius 3 is 2.52 bits per heavy atom. The number of rotatable bonds is 4. The lowest BCUT2D eigenvalue weighted by Gasteiger charge is -2.09. The van der Waals surface area contributed by atoms with E-state index in [0.29, 0.717) is 12.1 Å². The van der Waals surface area contributed by atoms with E-state index >= 15 is 0 Å². The average Bonchev–Trinajstić information content (AvgIpc) is 2.41. The molecule has 2 N–H and O–H groups in total. The van der Waals surface area contributed by atoms with Gasteiger partial charge in [-0.2, -0.15) is 0 Å². The van der Waals surface area contributed by atoms with Crippen LogP contribution in [0, 0.1) is 11.6 Å². The zero-order valence-electron chi connectivity index (χ0n) is 10.2. The molecule has 0 fully saturated rings. The largest absolute Gasteiger partial charge is 0.478 e. The summed E-state index contributed by atoms with van der Waals surface area (Å²) in [7, 11) is -4.48. The van der Waals surface area contributed by atoms with Gasteiger partial charge in [0.1, 0.15) is 10.7 Å². The second kappa shape index (κ2) is 5.44. The van der Waals surface area contributed by atoms with Crippen LogP contribution in [0.2, 0.25) is 0 Å². The number of aromatic nitrogens is 1. The van der Waals surface area contributed by atoms with Crippen LogP contribution in [0.25, 0.3) is 0 Å². The molecule has 1 heterocycles. The number of nitrogens with one attached hydrogen (secondary N) is 1. The molecule has 1 aromatic carbocycles. The highest BCUT2D eigenvalue weighted by atomic mass is 32.2. The lowest BCUT2D eigenvalue weighted by molar-refractivity contribution is 0.0696. The maximum absolute atomic E-state index is 13.6. The van der Waals surface area contributed by atoms with Gasteiger partial charge in [0.2, 0.25) is 0 Å². The third kappa shape index (κ3) is 3.14. The number of sulfonamides is 1. The van der Waals surface area contributed by atoms with Crippen LogP contribution in [-0.2, 0) is 10.0 Å². The normalized spacial score (nSPS) is 11.1. The van der Waals surface area contributed by atoms with Crippen molar-refractivity contribution in [3.05, 3.63) is 53.9 Å². The number of benzene rings is 1. The fourth-order valence-corrected chi connectivity index (χ4v) is 2.67. The van der Waals surface area contributed by atoms with Crippen LogP contribution in [-0.4, -0.2) is 24.5 Å². The van der Waals surface area contributed by atoms with Gasteiger partial charge < -0.3 is 5.11 Å². The summed E-state index contributed by atoms with van der Waals surface area (Å²) >= 11 is 0. The molecule has 0 aliphatic rings. The highest BCUT2D eigenvalue weighted by Gasteiger charge is 2.22. The summed E-state index contributed by atoms with van der Waals surface area (Å²) < 4.78 is 52.9. The number of anilines is 1. The Labute approximate surface area is 118 Å². The van der Waals surface area contributed by atoms with Crippen LogP contribution >= 0.6 is 0 Å². The standard InChI is InChI=1S/C12H8F2N2O4S/c13-8-2-1-7(12(17)18)5-11(8)21(19,20)16-10-3-4-15-6-9(10)14/h1-6H,(H,15,16)(H,17,18). The van der Waals surface area contributed by atoms with E-state index in [0.717, 1.165) is 24.5 Å². The van der Waals surface area contributed by atoms with E-state index in [1.807, 2.05) is 4.72 Å². The fraction of sp³-hybridized carbons (Fsp3) is 0. The summed E-state index contributed by atoms with van der Waals surface area (Å²) in [6.45, 7) is 0. The molecule has 0 saturated heterocycles. The number of hydrogen-bond donors (Lipinski definition) is 2. The summed E-state index contributed by atoms with van der Waals surface area (Å²) in [5.41, 5.74) is -0.836. The van der Waals surface area contributed by atoms with Gasteiger partial charge in [0.15, 0.2) is 5.82 Å². The van der Waals surface area contributed by atoms with Gasteiger partial charge in [-0.1, -0.05) is 0 Å². The van der Waals surface area contributed by atoms with Gasteiger partial charge in [-0.15, -0.1) is 0 Å². The molecule has 0 aliphatic carbocycles. The van der Waals surface area contributed by atoms with Crippen molar-refractivity contribution in [1.29, 1.82) is 0 Å². The zero-order valence-corrected chi connectivity index (χ0v) is 11.1. The Bertz CT molecular complexity index is 809. The van der Waals surface area contributed by atoms with Crippen molar-refractivity contribution in [2.75, 3.05) is 4.72 Å². The topological polar surface area (TPSA) is 96.4 Å². The first-order chi connectivity index (χ1) is 9.81. The molecule has 0 radical (unpaired) electrons. The number of aromatic carboxylic acids is 1. The molecule has 6 nitrogen and oxygen atoms in total. The summed E-state index contributed by atoms with van der Waals surface area (Å²) in [4.78, 5) is 13.3. The van der Waals surface area contributed by atoms with E-state index in [1.54, 1.807) is 0 Å². The van der Waals surface area contributed by atoms with Crippen LogP contribution in [0.3, 0.4) is 0 Å². The number of carbonyl (C=O) groups is 1. The molecule has 0 amide bonds. The smallest absolute Gasteiger partial charge is 0.335 e. The average molecular weight is 314 g/mol. The predicted octanol–water partition coefficient (Wildman–Crippen LogP) is 1.86. The Morgan fingerprint density at radius 1 is 1.19 bits per heavy atom. The molecule has 1 aromatic heterocycles. The maximum atomic E-state index is 13.6. The molecule has 21 heavy (non-hydrogen) atoms. The number of carboxylic acids is 1. The summed E-state index contributed by atoms with van der Waals surface area (Å²) in [6, 6.07) is 3.33. The second-order valence-corrected chi connectivity index (χ2v) is 5.56. The lowest BCUT2D eigenvalue weighted by Crippen LogP contribution is -2.16. The number of hydrogen-bond acceptors (Lipinski definition) is 4. The highest BCUT2D eigenvalue weighted by molar-refractivity contribution is 7.92. The van der Waals surface area contributed by atoms with Crippen molar-refractivity contribution >= 4 is 21.7 Å². The van der Waals surface area contributed by atoms with Crippen LogP contribution in [0.1, 0.15) is 10.4 Å². The van der Waals surface area contributed by atoms with Crippen LogP contribution in [0.15, 0.2) is 41.6 Å². The van der Waals surface area contributed by atoms with Gasteiger partial charge in [-0.3, -0.25) is 9.71 Å². The van der Waals surface area contributed by atoms with Crippen molar-refractivity contribution in [2.45, 2.75) is 4.90 Å². The van der Waals surface area contributed by atoms with E-state index in [9.17, 15) is 22.0 Å². The Hall–Kier alpha value is -2.55. The minimum absolute atomic E-state index is 0.410. The minimum atomic E-state index is -4.48. The molecule has 0 spiro atoms. The van der Waals surface area contributed by atoms with Gasteiger partial charge in [0.05, 0.1) is 17.4 Å². The fourth-order valence-electron chi connectivity index (χ4n) is 1.50. The Kier molecular flexibility index (Phi) is 3.85. The quantitative estimate of drug-likeness (QED) is 0.898. The molecule has 9 heteroatoms. The Morgan fingerprint density at radius 2 is 1.90 bits per heavy atom. The number of pyridine rings is 1. The predicted molar refractivity (Wildman–Crippen MR) is 68.4 cm³/mol. The molecular formula is C12H8F2N2O4S. The molecule has 0 aliphatic heterocycles. The molecular weight excluding hydrogens is 306 g/mol. The molecule has 2 aromatic rings. The molecule has 0 saturated carbocycles. The van der Waals surface area contributed by atoms with Crippen LogP contribution in [0.5, 0.6) is 0 Å². The van der Waals surface area contributed by atoms with Crippen molar-refractivity contribution in [3.63, 3.8) is 0 Å². The Balaban J connectivity index is 2.47. The summed E-state index contributed by atoms with van der Waals surface area (Å²) in [5.74, 6) is -3.51. The van der Waals surface area contributed by atoms with Gasteiger partial charge in [-0.05, 0) is 24.3 Å². The van der Waals surface area contributed by atoms with Crippen molar-refractivity contribution in [3.8, 4) is 0 Å². The van der Waals surface area contributed by atoms with Gasteiger partial charge in [0, 0.05) is 6.20 Å². The zero-order chi connectivity index (χ0) is 15.6. The number of nitrogens with zero attached hydrogens (tertiary/aromatic N) is 1. The number of halogens is 2. The van der Waals surface area contributed by atoms with Crippen molar-refractivity contribution in [1.82, 2.24) is 4.98 Å². The van der Waals surface area contributed by atoms with Crippen molar-refractivity contribution in [2.24, 2.45) is 0 Å². The molecule has 2 rings (SSSR count). The van der Waals surface area contributed by atoms with E-state index < -0.39 is 43.8 Å². The summed E-state index contributed by atoms with van der Waals surface area (Å²) in [5, 5.41) is 8.79. The SMILES string of the molecule is O=C(O)c1ccc(F)c(S(=O)(=O)Nc2ccncc2F)c1. The number of carboxylic acid groups (broad SMARTS) is 1. The van der Waals surface area contributed by atoms with E-state index in [2.05, 4.69) is 4.98 Å². The van der Waals surface area contributed by atoms with Gasteiger partial charge >= 0.3 is 5.97 Å². The molecule has 0 atom stereocenters. The van der Waals surface area contributed by atoms with Crippen LogP contribution < -0.4 is 4.72 Å². The minimum Gasteiger partial charge on any atom is -0.478 e. The molecule has 0 unspecified atom stereocenters. The first-order valence-electron chi connectivity index (χ1n) is 5.46. The van der Waals surface area contributed by atoms with Gasteiger partial charge in [-0.25, -0.2) is 22.0 Å². The van der Waals surface area contributed by atoms with Crippen LogP contribution in [0.4, 0.5) is 14.5 Å².